The van der Waals surface area contributed by atoms with Crippen molar-refractivity contribution < 1.29 is 4.42 Å². The predicted octanol–water partition coefficient (Wildman–Crippen LogP) is 3.49. The normalized spacial score (nSPS) is 11.1. The molecule has 0 aliphatic heterocycles. The molecule has 16 heavy (non-hydrogen) atoms. The molecule has 0 saturated carbocycles. The van der Waals surface area contributed by atoms with Crippen molar-refractivity contribution in [2.45, 2.75) is 33.2 Å². The average Bonchev–Trinajstić information content (AvgIpc) is 2.68. The van der Waals surface area contributed by atoms with Crippen LogP contribution in [0.4, 0.5) is 0 Å². The van der Waals surface area contributed by atoms with Crippen molar-refractivity contribution in [3.8, 4) is 0 Å². The van der Waals surface area contributed by atoms with Gasteiger partial charge in [0.15, 0.2) is 0 Å². The van der Waals surface area contributed by atoms with Crippen LogP contribution in [0.25, 0.3) is 11.0 Å². The van der Waals surface area contributed by atoms with Gasteiger partial charge in [0.1, 0.15) is 11.3 Å². The van der Waals surface area contributed by atoms with Crippen molar-refractivity contribution in [2.24, 2.45) is 0 Å². The Balaban J connectivity index is 2.23. The minimum Gasteiger partial charge on any atom is -0.460 e. The third-order valence-electron chi connectivity index (χ3n) is 2.72. The number of nitrogens with one attached hydrogen (secondary N) is 1. The smallest absolute Gasteiger partial charge is 0.134 e. The Morgan fingerprint density at radius 3 is 2.81 bits per heavy atom. The first kappa shape index (κ1) is 11.2. The molecule has 2 nitrogen and oxygen atoms in total. The van der Waals surface area contributed by atoms with Gasteiger partial charge in [-0.1, -0.05) is 26.3 Å². The first-order valence-electron chi connectivity index (χ1n) is 6.05. The standard InChI is InChI=1S/C14H19NO/c1-3-5-11-6-7-14-12(8-11)9-13(16-14)10-15-4-2/h6-9,15H,3-5,10H2,1-2H3. The fraction of sp³-hybridized carbons (Fsp3) is 0.429. The van der Waals surface area contributed by atoms with Gasteiger partial charge in [-0.3, -0.25) is 0 Å². The highest BCUT2D eigenvalue weighted by atomic mass is 16.3. The van der Waals surface area contributed by atoms with Crippen molar-refractivity contribution in [1.29, 1.82) is 0 Å². The van der Waals surface area contributed by atoms with Gasteiger partial charge >= 0.3 is 0 Å². The lowest BCUT2D eigenvalue weighted by molar-refractivity contribution is 0.520. The highest BCUT2D eigenvalue weighted by Crippen LogP contribution is 2.21. The highest BCUT2D eigenvalue weighted by Gasteiger charge is 2.03. The molecule has 0 bridgehead atoms. The van der Waals surface area contributed by atoms with Crippen LogP contribution in [0.5, 0.6) is 0 Å². The lowest BCUT2D eigenvalue weighted by Gasteiger charge is -1.96. The maximum absolute atomic E-state index is 5.74. The molecule has 0 saturated heterocycles. The Bertz CT molecular complexity index is 459. The Hall–Kier alpha value is -1.28. The molecule has 2 heteroatoms. The minimum absolute atomic E-state index is 0.814. The Kier molecular flexibility index (Phi) is 3.62. The van der Waals surface area contributed by atoms with Gasteiger partial charge in [0.05, 0.1) is 6.54 Å². The zero-order valence-corrected chi connectivity index (χ0v) is 10.0. The Labute approximate surface area is 96.6 Å². The van der Waals surface area contributed by atoms with E-state index < -0.39 is 0 Å². The predicted molar refractivity (Wildman–Crippen MR) is 67.6 cm³/mol. The summed E-state index contributed by atoms with van der Waals surface area (Å²) < 4.78 is 5.74. The van der Waals surface area contributed by atoms with Crippen LogP contribution in [0.15, 0.2) is 28.7 Å². The molecular formula is C14H19NO. The van der Waals surface area contributed by atoms with Gasteiger partial charge in [0.25, 0.3) is 0 Å². The van der Waals surface area contributed by atoms with Crippen molar-refractivity contribution in [1.82, 2.24) is 5.32 Å². The molecule has 0 unspecified atom stereocenters. The van der Waals surface area contributed by atoms with Crippen LogP contribution >= 0.6 is 0 Å². The second-order valence-electron chi connectivity index (χ2n) is 4.12. The summed E-state index contributed by atoms with van der Waals surface area (Å²) in [5.74, 6) is 1.02. The maximum Gasteiger partial charge on any atom is 0.134 e. The number of benzene rings is 1. The van der Waals surface area contributed by atoms with Crippen LogP contribution in [-0.2, 0) is 13.0 Å². The molecule has 2 rings (SSSR count). The quantitative estimate of drug-likeness (QED) is 0.829. The van der Waals surface area contributed by atoms with E-state index >= 15 is 0 Å². The van der Waals surface area contributed by atoms with Gasteiger partial charge in [-0.15, -0.1) is 0 Å². The SMILES string of the molecule is CCCc1ccc2oc(CNCC)cc2c1. The second-order valence-corrected chi connectivity index (χ2v) is 4.12. The fourth-order valence-corrected chi connectivity index (χ4v) is 1.93. The van der Waals surface area contributed by atoms with E-state index in [0.29, 0.717) is 0 Å². The molecule has 0 atom stereocenters. The molecule has 0 radical (unpaired) electrons. The summed E-state index contributed by atoms with van der Waals surface area (Å²) in [5, 5.41) is 4.49. The zero-order chi connectivity index (χ0) is 11.4. The summed E-state index contributed by atoms with van der Waals surface area (Å²) >= 11 is 0. The van der Waals surface area contributed by atoms with Crippen LogP contribution in [0.2, 0.25) is 0 Å². The van der Waals surface area contributed by atoms with Crippen LogP contribution in [0, 0.1) is 0 Å². The first-order chi connectivity index (χ1) is 7.83. The van der Waals surface area contributed by atoms with Gasteiger partial charge < -0.3 is 9.73 Å². The first-order valence-corrected chi connectivity index (χ1v) is 6.05. The molecule has 1 heterocycles. The van der Waals surface area contributed by atoms with Crippen LogP contribution in [0.3, 0.4) is 0 Å². The van der Waals surface area contributed by atoms with Gasteiger partial charge in [-0.25, -0.2) is 0 Å². The molecule has 1 N–H and O–H groups in total. The van der Waals surface area contributed by atoms with Gasteiger partial charge in [0.2, 0.25) is 0 Å². The van der Waals surface area contributed by atoms with E-state index in [1.807, 2.05) is 0 Å². The molecule has 0 fully saturated rings. The molecule has 1 aromatic carbocycles. The largest absolute Gasteiger partial charge is 0.460 e. The van der Waals surface area contributed by atoms with Crippen LogP contribution < -0.4 is 5.32 Å². The van der Waals surface area contributed by atoms with Crippen LogP contribution in [-0.4, -0.2) is 6.54 Å². The monoisotopic (exact) mass is 217 g/mol. The second kappa shape index (κ2) is 5.17. The third kappa shape index (κ3) is 2.45. The molecule has 0 amide bonds. The van der Waals surface area contributed by atoms with Crippen molar-refractivity contribution in [3.63, 3.8) is 0 Å². The topological polar surface area (TPSA) is 25.2 Å². The van der Waals surface area contributed by atoms with E-state index in [-0.39, 0.29) is 0 Å². The molecule has 1 aromatic heterocycles. The highest BCUT2D eigenvalue weighted by molar-refractivity contribution is 5.78. The third-order valence-corrected chi connectivity index (χ3v) is 2.72. The van der Waals surface area contributed by atoms with E-state index in [9.17, 15) is 0 Å². The summed E-state index contributed by atoms with van der Waals surface area (Å²) in [4.78, 5) is 0. The van der Waals surface area contributed by atoms with E-state index in [4.69, 9.17) is 4.42 Å². The van der Waals surface area contributed by atoms with Crippen molar-refractivity contribution >= 4 is 11.0 Å². The molecule has 86 valence electrons. The summed E-state index contributed by atoms with van der Waals surface area (Å²) in [6.07, 6.45) is 2.33. The summed E-state index contributed by atoms with van der Waals surface area (Å²) in [7, 11) is 0. The van der Waals surface area contributed by atoms with Crippen LogP contribution in [0.1, 0.15) is 31.6 Å². The minimum atomic E-state index is 0.814. The van der Waals surface area contributed by atoms with Gasteiger partial charge in [-0.2, -0.15) is 0 Å². The number of rotatable bonds is 5. The number of fused-ring (bicyclic) bond motifs is 1. The number of aryl methyl sites for hydroxylation is 1. The maximum atomic E-state index is 5.74. The molecular weight excluding hydrogens is 198 g/mol. The summed E-state index contributed by atoms with van der Waals surface area (Å²) in [6, 6.07) is 8.61. The van der Waals surface area contributed by atoms with Crippen molar-refractivity contribution in [3.05, 3.63) is 35.6 Å². The van der Waals surface area contributed by atoms with Gasteiger partial charge in [-0.05, 0) is 36.7 Å². The average molecular weight is 217 g/mol. The number of hydrogen-bond donors (Lipinski definition) is 1. The number of hydrogen-bond acceptors (Lipinski definition) is 2. The van der Waals surface area contributed by atoms with E-state index in [1.165, 1.54) is 17.4 Å². The van der Waals surface area contributed by atoms with E-state index in [1.54, 1.807) is 0 Å². The Morgan fingerprint density at radius 2 is 2.06 bits per heavy atom. The molecule has 0 spiro atoms. The van der Waals surface area contributed by atoms with Crippen molar-refractivity contribution in [2.75, 3.05) is 6.54 Å². The fourth-order valence-electron chi connectivity index (χ4n) is 1.93. The lowest BCUT2D eigenvalue weighted by Crippen LogP contribution is -2.10. The van der Waals surface area contributed by atoms with E-state index in [2.05, 4.69) is 43.4 Å². The molecule has 2 aromatic rings. The summed E-state index contributed by atoms with van der Waals surface area (Å²) in [5.41, 5.74) is 2.39. The molecule has 0 aliphatic rings. The summed E-state index contributed by atoms with van der Waals surface area (Å²) in [6.45, 7) is 6.09. The Morgan fingerprint density at radius 1 is 1.19 bits per heavy atom. The zero-order valence-electron chi connectivity index (χ0n) is 10.0. The van der Waals surface area contributed by atoms with Gasteiger partial charge in [0, 0.05) is 5.39 Å². The lowest BCUT2D eigenvalue weighted by atomic mass is 10.1. The molecule has 0 aliphatic carbocycles. The number of furan rings is 1. The van der Waals surface area contributed by atoms with E-state index in [0.717, 1.165) is 30.9 Å².